The molecule has 0 aliphatic carbocycles. The van der Waals surface area contributed by atoms with Crippen LogP contribution >= 0.6 is 15.9 Å². The maximum atomic E-state index is 12.5. The molecule has 3 aromatic carbocycles. The van der Waals surface area contributed by atoms with E-state index in [-0.39, 0.29) is 5.75 Å². The van der Waals surface area contributed by atoms with Gasteiger partial charge in [-0.1, -0.05) is 64.5 Å². The van der Waals surface area contributed by atoms with Crippen molar-refractivity contribution in [3.63, 3.8) is 0 Å². The third-order valence-corrected chi connectivity index (χ3v) is 7.65. The maximum absolute atomic E-state index is 12.5. The highest BCUT2D eigenvalue weighted by molar-refractivity contribution is 9.10. The summed E-state index contributed by atoms with van der Waals surface area (Å²) in [5.41, 5.74) is 3.26. The van der Waals surface area contributed by atoms with E-state index >= 15 is 0 Å². The van der Waals surface area contributed by atoms with Crippen LogP contribution in [0, 0.1) is 0 Å². The average molecular weight is 528 g/mol. The highest BCUT2D eigenvalue weighted by Crippen LogP contribution is 2.21. The summed E-state index contributed by atoms with van der Waals surface area (Å²) >= 11 is 3.62. The van der Waals surface area contributed by atoms with Gasteiger partial charge in [0, 0.05) is 48.4 Å². The van der Waals surface area contributed by atoms with Crippen LogP contribution in [0.1, 0.15) is 21.5 Å². The molecule has 33 heavy (non-hydrogen) atoms. The number of anilines is 1. The Balaban J connectivity index is 1.31. The highest BCUT2D eigenvalue weighted by Gasteiger charge is 2.20. The van der Waals surface area contributed by atoms with Crippen molar-refractivity contribution in [1.82, 2.24) is 9.62 Å². The number of carbonyl (C=O) groups excluding carboxylic acids is 1. The molecular weight excluding hydrogens is 502 g/mol. The Kier molecular flexibility index (Phi) is 7.47. The van der Waals surface area contributed by atoms with Crippen molar-refractivity contribution in [2.24, 2.45) is 0 Å². The smallest absolute Gasteiger partial charge is 0.264 e. The standard InChI is InChI=1S/C25H26BrN3O3S/c26-24-9-5-4-8-22(24)18-28-14-16-29(17-15-28)23-12-10-21(11-13-23)25(30)27-33(31,32)19-20-6-2-1-3-7-20/h1-13H,14-19H2,(H,27,30). The number of amides is 1. The van der Waals surface area contributed by atoms with Crippen molar-refractivity contribution in [3.05, 3.63) is 100 Å². The van der Waals surface area contributed by atoms with Gasteiger partial charge < -0.3 is 4.90 Å². The normalized spacial score (nSPS) is 14.8. The fraction of sp³-hybridized carbons (Fsp3) is 0.240. The van der Waals surface area contributed by atoms with Gasteiger partial charge in [0.1, 0.15) is 0 Å². The fourth-order valence-corrected chi connectivity index (χ4v) is 5.40. The van der Waals surface area contributed by atoms with Gasteiger partial charge in [0.05, 0.1) is 5.75 Å². The van der Waals surface area contributed by atoms with Crippen LogP contribution < -0.4 is 9.62 Å². The van der Waals surface area contributed by atoms with Crippen molar-refractivity contribution in [2.75, 3.05) is 31.1 Å². The van der Waals surface area contributed by atoms with E-state index in [0.717, 1.165) is 42.9 Å². The quantitative estimate of drug-likeness (QED) is 0.502. The molecule has 3 aromatic rings. The minimum atomic E-state index is -3.77. The van der Waals surface area contributed by atoms with Crippen molar-refractivity contribution in [1.29, 1.82) is 0 Å². The van der Waals surface area contributed by atoms with E-state index < -0.39 is 15.9 Å². The van der Waals surface area contributed by atoms with Gasteiger partial charge in [0.25, 0.3) is 5.91 Å². The van der Waals surface area contributed by atoms with Gasteiger partial charge in [0.2, 0.25) is 10.0 Å². The lowest BCUT2D eigenvalue weighted by molar-refractivity contribution is 0.0981. The number of hydrogen-bond donors (Lipinski definition) is 1. The minimum Gasteiger partial charge on any atom is -0.369 e. The molecule has 1 amide bonds. The zero-order valence-corrected chi connectivity index (χ0v) is 20.6. The van der Waals surface area contributed by atoms with Crippen molar-refractivity contribution in [3.8, 4) is 0 Å². The molecular formula is C25H26BrN3O3S. The van der Waals surface area contributed by atoms with Crippen LogP contribution in [0.3, 0.4) is 0 Å². The molecule has 0 atom stereocenters. The van der Waals surface area contributed by atoms with Crippen LogP contribution in [-0.2, 0) is 22.3 Å². The highest BCUT2D eigenvalue weighted by atomic mass is 79.9. The Bertz CT molecular complexity index is 1190. The summed E-state index contributed by atoms with van der Waals surface area (Å²) < 4.78 is 28.0. The van der Waals surface area contributed by atoms with Crippen molar-refractivity contribution < 1.29 is 13.2 Å². The average Bonchev–Trinajstić information content (AvgIpc) is 2.81. The van der Waals surface area contributed by atoms with E-state index in [1.807, 2.05) is 24.3 Å². The molecule has 4 rings (SSSR count). The molecule has 0 spiro atoms. The Labute approximate surface area is 203 Å². The fourth-order valence-electron chi connectivity index (χ4n) is 3.89. The van der Waals surface area contributed by atoms with Gasteiger partial charge in [-0.05, 0) is 41.5 Å². The Morgan fingerprint density at radius 1 is 0.848 bits per heavy atom. The summed E-state index contributed by atoms with van der Waals surface area (Å²) in [5, 5.41) is 0. The maximum Gasteiger partial charge on any atom is 0.264 e. The number of rotatable bonds is 7. The van der Waals surface area contributed by atoms with Gasteiger partial charge in [-0.3, -0.25) is 9.69 Å². The molecule has 1 aliphatic rings. The molecule has 172 valence electrons. The summed E-state index contributed by atoms with van der Waals surface area (Å²) in [6, 6.07) is 24.2. The monoisotopic (exact) mass is 527 g/mol. The third-order valence-electron chi connectivity index (χ3n) is 5.67. The predicted molar refractivity (Wildman–Crippen MR) is 135 cm³/mol. The van der Waals surface area contributed by atoms with Gasteiger partial charge in [0.15, 0.2) is 0 Å². The number of halogens is 1. The van der Waals surface area contributed by atoms with Crippen molar-refractivity contribution in [2.45, 2.75) is 12.3 Å². The van der Waals surface area contributed by atoms with Crippen LogP contribution in [0.4, 0.5) is 5.69 Å². The number of hydrogen-bond acceptors (Lipinski definition) is 5. The van der Waals surface area contributed by atoms with E-state index in [1.54, 1.807) is 36.4 Å². The van der Waals surface area contributed by atoms with Gasteiger partial charge in [-0.2, -0.15) is 0 Å². The number of sulfonamides is 1. The molecule has 0 unspecified atom stereocenters. The molecule has 0 aromatic heterocycles. The van der Waals surface area contributed by atoms with Crippen molar-refractivity contribution >= 4 is 37.5 Å². The molecule has 1 heterocycles. The first-order chi connectivity index (χ1) is 15.9. The van der Waals surface area contributed by atoms with Crippen LogP contribution in [0.15, 0.2) is 83.3 Å². The number of benzene rings is 3. The Morgan fingerprint density at radius 2 is 1.48 bits per heavy atom. The topological polar surface area (TPSA) is 69.7 Å². The summed E-state index contributed by atoms with van der Waals surface area (Å²) in [6.07, 6.45) is 0. The van der Waals surface area contributed by atoms with Crippen LogP contribution in [-0.4, -0.2) is 45.4 Å². The molecule has 1 aliphatic heterocycles. The first-order valence-electron chi connectivity index (χ1n) is 10.8. The Hall–Kier alpha value is -2.68. The van der Waals surface area contributed by atoms with Gasteiger partial charge >= 0.3 is 0 Å². The van der Waals surface area contributed by atoms with Gasteiger partial charge in [-0.25, -0.2) is 13.1 Å². The molecule has 6 nitrogen and oxygen atoms in total. The molecule has 1 fully saturated rings. The number of nitrogens with zero attached hydrogens (tertiary/aromatic N) is 2. The minimum absolute atomic E-state index is 0.235. The lowest BCUT2D eigenvalue weighted by Gasteiger charge is -2.36. The van der Waals surface area contributed by atoms with Crippen LogP contribution in [0.5, 0.6) is 0 Å². The largest absolute Gasteiger partial charge is 0.369 e. The van der Waals surface area contributed by atoms with E-state index in [2.05, 4.69) is 48.7 Å². The second-order valence-corrected chi connectivity index (χ2v) is 10.7. The summed E-state index contributed by atoms with van der Waals surface area (Å²) in [5.74, 6) is -0.850. The third kappa shape index (κ3) is 6.43. The second kappa shape index (κ2) is 10.5. The summed E-state index contributed by atoms with van der Waals surface area (Å²) in [6.45, 7) is 4.58. The van der Waals surface area contributed by atoms with E-state index in [1.165, 1.54) is 5.56 Å². The molecule has 1 N–H and O–H groups in total. The number of carbonyl (C=O) groups is 1. The van der Waals surface area contributed by atoms with E-state index in [9.17, 15) is 13.2 Å². The van der Waals surface area contributed by atoms with Crippen LogP contribution in [0.25, 0.3) is 0 Å². The molecule has 0 saturated carbocycles. The first-order valence-corrected chi connectivity index (χ1v) is 13.2. The van der Waals surface area contributed by atoms with Gasteiger partial charge in [-0.15, -0.1) is 0 Å². The number of piperazine rings is 1. The predicted octanol–water partition coefficient (Wildman–Crippen LogP) is 4.03. The van der Waals surface area contributed by atoms with Crippen LogP contribution in [0.2, 0.25) is 0 Å². The molecule has 8 heteroatoms. The summed E-state index contributed by atoms with van der Waals surface area (Å²) in [7, 11) is -3.77. The lowest BCUT2D eigenvalue weighted by Crippen LogP contribution is -2.46. The Morgan fingerprint density at radius 3 is 2.15 bits per heavy atom. The lowest BCUT2D eigenvalue weighted by atomic mass is 10.1. The van der Waals surface area contributed by atoms with E-state index in [4.69, 9.17) is 0 Å². The molecule has 0 bridgehead atoms. The SMILES string of the molecule is O=C(NS(=O)(=O)Cc1ccccc1)c1ccc(N2CCN(Cc3ccccc3Br)CC2)cc1. The van der Waals surface area contributed by atoms with E-state index in [0.29, 0.717) is 11.1 Å². The molecule has 0 radical (unpaired) electrons. The summed E-state index contributed by atoms with van der Waals surface area (Å²) in [4.78, 5) is 17.2. The first kappa shape index (κ1) is 23.5. The number of nitrogens with one attached hydrogen (secondary N) is 1. The second-order valence-electron chi connectivity index (χ2n) is 8.08. The zero-order chi connectivity index (χ0) is 23.3. The molecule has 1 saturated heterocycles. The zero-order valence-electron chi connectivity index (χ0n) is 18.2.